The summed E-state index contributed by atoms with van der Waals surface area (Å²) in [5, 5.41) is 9.71. The lowest BCUT2D eigenvalue weighted by molar-refractivity contribution is -0.128. The van der Waals surface area contributed by atoms with Crippen molar-refractivity contribution in [2.24, 2.45) is 11.3 Å². The van der Waals surface area contributed by atoms with Gasteiger partial charge in [0.1, 0.15) is 5.78 Å². The van der Waals surface area contributed by atoms with Gasteiger partial charge >= 0.3 is 0 Å². The molecule has 0 aromatic carbocycles. The zero-order chi connectivity index (χ0) is 9.47. The molecule has 0 aromatic rings. The molecule has 2 aliphatic carbocycles. The molecular weight excluding hydrogens is 164 g/mol. The van der Waals surface area contributed by atoms with Gasteiger partial charge in [0.15, 0.2) is 0 Å². The first kappa shape index (κ1) is 9.20. The molecule has 2 aliphatic rings. The molecule has 2 rings (SSSR count). The van der Waals surface area contributed by atoms with E-state index in [9.17, 15) is 9.90 Å². The van der Waals surface area contributed by atoms with Crippen molar-refractivity contribution in [3.63, 3.8) is 0 Å². The first-order chi connectivity index (χ1) is 6.11. The Morgan fingerprint density at radius 1 is 1.46 bits per heavy atom. The van der Waals surface area contributed by atoms with Gasteiger partial charge in [0.05, 0.1) is 6.10 Å². The van der Waals surface area contributed by atoms with E-state index in [2.05, 4.69) is 6.92 Å². The molecule has 0 radical (unpaired) electrons. The van der Waals surface area contributed by atoms with E-state index in [1.807, 2.05) is 0 Å². The molecule has 2 heteroatoms. The van der Waals surface area contributed by atoms with Gasteiger partial charge in [-0.3, -0.25) is 4.79 Å². The smallest absolute Gasteiger partial charge is 0.138 e. The third-order valence-corrected chi connectivity index (χ3v) is 3.84. The van der Waals surface area contributed by atoms with Gasteiger partial charge in [0, 0.05) is 12.3 Å². The zero-order valence-corrected chi connectivity index (χ0v) is 8.25. The van der Waals surface area contributed by atoms with Crippen molar-refractivity contribution < 1.29 is 9.90 Å². The second-order valence-electron chi connectivity index (χ2n) is 5.05. The number of ketones is 1. The summed E-state index contributed by atoms with van der Waals surface area (Å²) in [5.74, 6) is 0.261. The van der Waals surface area contributed by atoms with Crippen LogP contribution in [-0.2, 0) is 4.79 Å². The molecule has 0 aromatic heterocycles. The molecular formula is C11H18O2. The third-order valence-electron chi connectivity index (χ3n) is 3.84. The highest BCUT2D eigenvalue weighted by Gasteiger charge is 2.41. The minimum absolute atomic E-state index is 0.0405. The molecule has 74 valence electrons. The minimum atomic E-state index is -0.348. The Hall–Kier alpha value is -0.370. The summed E-state index contributed by atoms with van der Waals surface area (Å²) < 4.78 is 0. The van der Waals surface area contributed by atoms with Crippen LogP contribution in [0.15, 0.2) is 0 Å². The molecule has 0 saturated heterocycles. The molecule has 13 heavy (non-hydrogen) atoms. The van der Waals surface area contributed by atoms with E-state index in [1.54, 1.807) is 0 Å². The largest absolute Gasteiger partial charge is 0.392 e. The lowest BCUT2D eigenvalue weighted by Gasteiger charge is -2.38. The fourth-order valence-corrected chi connectivity index (χ4v) is 2.90. The molecule has 0 heterocycles. The summed E-state index contributed by atoms with van der Waals surface area (Å²) in [6.45, 7) is 2.27. The number of fused-ring (bicyclic) bond motifs is 2. The van der Waals surface area contributed by atoms with Crippen LogP contribution in [0.4, 0.5) is 0 Å². The Morgan fingerprint density at radius 2 is 2.23 bits per heavy atom. The molecule has 0 aliphatic heterocycles. The van der Waals surface area contributed by atoms with Crippen molar-refractivity contribution >= 4 is 5.78 Å². The standard InChI is InChI=1S/C11H18O2/c1-11-5-2-3-9(12)8(7-11)10(13)4-6-11/h8,10,13H,2-7H2,1H3/t8-,10-,11+/m0/s1. The first-order valence-corrected chi connectivity index (χ1v) is 5.32. The fourth-order valence-electron chi connectivity index (χ4n) is 2.90. The van der Waals surface area contributed by atoms with Crippen molar-refractivity contribution in [1.29, 1.82) is 0 Å². The molecule has 2 fully saturated rings. The lowest BCUT2D eigenvalue weighted by atomic mass is 9.68. The minimum Gasteiger partial charge on any atom is -0.392 e. The van der Waals surface area contributed by atoms with E-state index in [0.29, 0.717) is 17.6 Å². The van der Waals surface area contributed by atoms with E-state index in [4.69, 9.17) is 0 Å². The van der Waals surface area contributed by atoms with Crippen LogP contribution in [-0.4, -0.2) is 17.0 Å². The average Bonchev–Trinajstić information content (AvgIpc) is 2.20. The van der Waals surface area contributed by atoms with Crippen molar-refractivity contribution in [3.05, 3.63) is 0 Å². The summed E-state index contributed by atoms with van der Waals surface area (Å²) in [7, 11) is 0. The molecule has 0 unspecified atom stereocenters. The highest BCUT2D eigenvalue weighted by molar-refractivity contribution is 5.82. The lowest BCUT2D eigenvalue weighted by Crippen LogP contribution is -2.37. The van der Waals surface area contributed by atoms with Gasteiger partial charge in [0.25, 0.3) is 0 Å². The van der Waals surface area contributed by atoms with E-state index < -0.39 is 0 Å². The molecule has 2 nitrogen and oxygen atoms in total. The van der Waals surface area contributed by atoms with Gasteiger partial charge < -0.3 is 5.11 Å². The normalized spacial score (nSPS) is 45.8. The average molecular weight is 182 g/mol. The summed E-state index contributed by atoms with van der Waals surface area (Å²) in [6, 6.07) is 0. The fraction of sp³-hybridized carbons (Fsp3) is 0.909. The Morgan fingerprint density at radius 3 is 3.00 bits per heavy atom. The highest BCUT2D eigenvalue weighted by Crippen LogP contribution is 2.45. The zero-order valence-electron chi connectivity index (χ0n) is 8.25. The van der Waals surface area contributed by atoms with E-state index in [-0.39, 0.29) is 12.0 Å². The van der Waals surface area contributed by atoms with Crippen molar-refractivity contribution in [3.8, 4) is 0 Å². The number of hydrogen-bond donors (Lipinski definition) is 1. The number of carbonyl (C=O) groups is 1. The third kappa shape index (κ3) is 1.64. The van der Waals surface area contributed by atoms with Crippen LogP contribution in [0, 0.1) is 11.3 Å². The first-order valence-electron chi connectivity index (χ1n) is 5.32. The van der Waals surface area contributed by atoms with Crippen molar-refractivity contribution in [2.75, 3.05) is 0 Å². The maximum atomic E-state index is 11.6. The van der Waals surface area contributed by atoms with E-state index in [0.717, 1.165) is 25.7 Å². The number of carbonyl (C=O) groups excluding carboxylic acids is 1. The molecule has 0 amide bonds. The summed E-state index contributed by atoms with van der Waals surface area (Å²) in [5.41, 5.74) is 0.343. The number of aliphatic hydroxyl groups excluding tert-OH is 1. The summed E-state index contributed by atoms with van der Waals surface area (Å²) in [4.78, 5) is 11.6. The Bertz CT molecular complexity index is 224. The quantitative estimate of drug-likeness (QED) is 0.621. The molecule has 1 N–H and O–H groups in total. The SMILES string of the molecule is C[C@]12CCCC(=O)[C@H](C1)[C@@H](O)CC2. The molecule has 0 spiro atoms. The van der Waals surface area contributed by atoms with Crippen LogP contribution in [0.3, 0.4) is 0 Å². The Labute approximate surface area is 79.3 Å². The molecule has 3 atom stereocenters. The number of hydrogen-bond acceptors (Lipinski definition) is 2. The van der Waals surface area contributed by atoms with Crippen LogP contribution >= 0.6 is 0 Å². The maximum absolute atomic E-state index is 11.6. The van der Waals surface area contributed by atoms with Gasteiger partial charge in [-0.05, 0) is 37.5 Å². The van der Waals surface area contributed by atoms with Crippen LogP contribution in [0.25, 0.3) is 0 Å². The monoisotopic (exact) mass is 182 g/mol. The van der Waals surface area contributed by atoms with Gasteiger partial charge in [-0.25, -0.2) is 0 Å². The Kier molecular flexibility index (Phi) is 2.18. The van der Waals surface area contributed by atoms with Gasteiger partial charge in [-0.2, -0.15) is 0 Å². The summed E-state index contributed by atoms with van der Waals surface area (Å²) >= 11 is 0. The molecule has 2 saturated carbocycles. The van der Waals surface area contributed by atoms with Crippen molar-refractivity contribution in [2.45, 2.75) is 51.6 Å². The van der Waals surface area contributed by atoms with Crippen LogP contribution in [0.5, 0.6) is 0 Å². The highest BCUT2D eigenvalue weighted by atomic mass is 16.3. The summed E-state index contributed by atoms with van der Waals surface area (Å²) in [6.07, 6.45) is 5.38. The number of Topliss-reactive ketones (excluding diaryl/α,β-unsaturated/α-hetero) is 1. The van der Waals surface area contributed by atoms with Gasteiger partial charge in [0.2, 0.25) is 0 Å². The second-order valence-corrected chi connectivity index (χ2v) is 5.05. The van der Waals surface area contributed by atoms with Crippen LogP contribution < -0.4 is 0 Å². The molecule has 2 bridgehead atoms. The van der Waals surface area contributed by atoms with Crippen molar-refractivity contribution in [1.82, 2.24) is 0 Å². The maximum Gasteiger partial charge on any atom is 0.138 e. The number of aliphatic hydroxyl groups is 1. The second kappa shape index (κ2) is 3.09. The predicted octanol–water partition coefficient (Wildman–Crippen LogP) is 1.91. The van der Waals surface area contributed by atoms with Gasteiger partial charge in [-0.15, -0.1) is 0 Å². The topological polar surface area (TPSA) is 37.3 Å². The van der Waals surface area contributed by atoms with E-state index >= 15 is 0 Å². The number of rotatable bonds is 0. The van der Waals surface area contributed by atoms with E-state index in [1.165, 1.54) is 6.42 Å². The van der Waals surface area contributed by atoms with Crippen LogP contribution in [0.2, 0.25) is 0 Å². The van der Waals surface area contributed by atoms with Crippen LogP contribution in [0.1, 0.15) is 45.4 Å². The Balaban J connectivity index is 2.21. The predicted molar refractivity (Wildman–Crippen MR) is 50.3 cm³/mol. The van der Waals surface area contributed by atoms with Gasteiger partial charge in [-0.1, -0.05) is 6.92 Å².